The zero-order chi connectivity index (χ0) is 34.4. The quantitative estimate of drug-likeness (QED) is 0.109. The molecular formula is C36H34F2N2O6S2. The first-order chi connectivity index (χ1) is 22.9. The average molecular weight is 693 g/mol. The number of aryl methyl sites for hydroxylation is 2. The third-order valence-electron chi connectivity index (χ3n) is 9.70. The third-order valence-corrected chi connectivity index (χ3v) is 12.3. The van der Waals surface area contributed by atoms with Gasteiger partial charge in [-0.3, -0.25) is 19.7 Å². The van der Waals surface area contributed by atoms with Crippen LogP contribution in [-0.4, -0.2) is 51.6 Å². The van der Waals surface area contributed by atoms with Crippen molar-refractivity contribution in [1.29, 1.82) is 0 Å². The van der Waals surface area contributed by atoms with Crippen molar-refractivity contribution in [1.82, 2.24) is 10.6 Å². The second-order valence-electron chi connectivity index (χ2n) is 12.6. The lowest BCUT2D eigenvalue weighted by atomic mass is 9.61. The number of nitrogens with one attached hydrogen (secondary N) is 2. The molecule has 0 bridgehead atoms. The monoisotopic (exact) mass is 692 g/mol. The van der Waals surface area contributed by atoms with Crippen molar-refractivity contribution in [2.75, 3.05) is 0 Å². The van der Waals surface area contributed by atoms with Gasteiger partial charge in [0.05, 0.1) is 23.0 Å². The molecule has 48 heavy (non-hydrogen) atoms. The van der Waals surface area contributed by atoms with E-state index < -0.39 is 46.8 Å². The molecule has 1 aliphatic heterocycles. The number of aliphatic hydroxyl groups excluding tert-OH is 2. The van der Waals surface area contributed by atoms with Crippen molar-refractivity contribution in [3.63, 3.8) is 0 Å². The number of rotatable bonds is 10. The summed E-state index contributed by atoms with van der Waals surface area (Å²) >= 11 is 2.07. The van der Waals surface area contributed by atoms with Crippen LogP contribution in [0.15, 0.2) is 60.7 Å². The molecule has 2 atom stereocenters. The third kappa shape index (κ3) is 5.70. The van der Waals surface area contributed by atoms with E-state index in [-0.39, 0.29) is 48.7 Å². The van der Waals surface area contributed by atoms with Crippen molar-refractivity contribution in [3.8, 4) is 20.9 Å². The number of alkyl halides is 2. The molecule has 1 saturated heterocycles. The van der Waals surface area contributed by atoms with Gasteiger partial charge in [-0.05, 0) is 85.0 Å². The van der Waals surface area contributed by atoms with Crippen molar-refractivity contribution in [2.24, 2.45) is 5.41 Å². The number of hydrogen-bond donors (Lipinski definition) is 4. The first-order valence-electron chi connectivity index (χ1n) is 15.5. The Labute approximate surface area is 283 Å². The van der Waals surface area contributed by atoms with E-state index in [0.29, 0.717) is 43.1 Å². The van der Waals surface area contributed by atoms with Crippen LogP contribution in [0.4, 0.5) is 13.6 Å². The van der Waals surface area contributed by atoms with Crippen LogP contribution in [0.5, 0.6) is 0 Å². The van der Waals surface area contributed by atoms with Crippen LogP contribution in [0, 0.1) is 19.3 Å². The molecule has 0 radical (unpaired) electrons. The minimum absolute atomic E-state index is 0.0452. The van der Waals surface area contributed by atoms with E-state index in [4.69, 9.17) is 0 Å². The normalized spacial score (nSPS) is 22.0. The van der Waals surface area contributed by atoms with Gasteiger partial charge in [0, 0.05) is 15.2 Å². The molecule has 12 heteroatoms. The zero-order valence-corrected chi connectivity index (χ0v) is 27.9. The molecule has 250 valence electrons. The number of Topliss-reactive ketones (excluding diaryl/α,β-unsaturated/α-hetero) is 2. The van der Waals surface area contributed by atoms with Crippen LogP contribution in [0.25, 0.3) is 20.9 Å². The van der Waals surface area contributed by atoms with Gasteiger partial charge >= 0.3 is 6.03 Å². The highest BCUT2D eigenvalue weighted by molar-refractivity contribution is 7.18. The summed E-state index contributed by atoms with van der Waals surface area (Å²) in [6, 6.07) is 16.6. The number of ketones is 2. The van der Waals surface area contributed by atoms with E-state index in [9.17, 15) is 29.4 Å². The molecule has 2 aromatic carbocycles. The van der Waals surface area contributed by atoms with Gasteiger partial charge in [-0.15, -0.1) is 22.7 Å². The van der Waals surface area contributed by atoms with Gasteiger partial charge in [0.25, 0.3) is 5.91 Å². The lowest BCUT2D eigenvalue weighted by molar-refractivity contribution is -0.127. The van der Waals surface area contributed by atoms with Gasteiger partial charge in [-0.25, -0.2) is 13.6 Å². The summed E-state index contributed by atoms with van der Waals surface area (Å²) in [6.45, 7) is 3.05. The van der Waals surface area contributed by atoms with Crippen LogP contribution in [0.2, 0.25) is 0 Å². The summed E-state index contributed by atoms with van der Waals surface area (Å²) < 4.78 is 33.9. The number of aliphatic hydroxyl groups is 2. The molecule has 2 unspecified atom stereocenters. The lowest BCUT2D eigenvalue weighted by Gasteiger charge is -2.45. The second kappa shape index (κ2) is 13.1. The molecule has 2 aliphatic rings. The summed E-state index contributed by atoms with van der Waals surface area (Å²) in [7, 11) is 0. The van der Waals surface area contributed by atoms with Crippen molar-refractivity contribution in [2.45, 2.75) is 70.6 Å². The van der Waals surface area contributed by atoms with Crippen LogP contribution < -0.4 is 10.6 Å². The number of imide groups is 1. The summed E-state index contributed by atoms with van der Waals surface area (Å²) in [6.07, 6.45) is -5.91. The second-order valence-corrected chi connectivity index (χ2v) is 14.7. The van der Waals surface area contributed by atoms with Crippen molar-refractivity contribution >= 4 is 46.2 Å². The lowest BCUT2D eigenvalue weighted by Crippen LogP contribution is -2.57. The fourth-order valence-corrected chi connectivity index (χ4v) is 9.31. The average Bonchev–Trinajstić information content (AvgIpc) is 3.77. The molecule has 1 saturated carbocycles. The van der Waals surface area contributed by atoms with Gasteiger partial charge in [0.1, 0.15) is 5.54 Å². The number of carbonyl (C=O) groups is 4. The Morgan fingerprint density at radius 3 is 1.60 bits per heavy atom. The highest BCUT2D eigenvalue weighted by Gasteiger charge is 2.60. The maximum Gasteiger partial charge on any atom is 0.322 e. The summed E-state index contributed by atoms with van der Waals surface area (Å²) in [5.74, 6) is -2.55. The van der Waals surface area contributed by atoms with E-state index in [1.807, 2.05) is 0 Å². The molecule has 6 rings (SSSR count). The maximum absolute atomic E-state index is 16.9. The first kappa shape index (κ1) is 33.8. The van der Waals surface area contributed by atoms with E-state index >= 15 is 8.78 Å². The zero-order valence-electron chi connectivity index (χ0n) is 26.3. The molecule has 1 spiro atoms. The van der Waals surface area contributed by atoms with E-state index in [2.05, 4.69) is 10.6 Å². The van der Waals surface area contributed by atoms with Gasteiger partial charge in [-0.2, -0.15) is 0 Å². The van der Waals surface area contributed by atoms with Crippen LogP contribution in [0.1, 0.15) is 67.3 Å². The fourth-order valence-electron chi connectivity index (χ4n) is 6.93. The maximum atomic E-state index is 16.9. The van der Waals surface area contributed by atoms with Crippen molar-refractivity contribution in [3.05, 3.63) is 92.7 Å². The van der Waals surface area contributed by atoms with Crippen molar-refractivity contribution < 1.29 is 38.2 Å². The molecular weight excluding hydrogens is 659 g/mol. The molecule has 4 aromatic rings. The standard InChI is InChI=1S/C36H34F2N2O6S2/c1-19-15-25(47-29(19)23-9-5-3-7-21(23)17-41)27(43)31(37)35(11-13-36(14-12-35)33(45)39-34(46)40-36)32(38)28(44)26-16-20(2)30(48-26)24-10-6-4-8-22(24)18-42/h3-10,15-16,31-32,41-42H,11-14,17-18H2,1-2H3,(H2,39,40,45,46). The van der Waals surface area contributed by atoms with E-state index in [0.717, 1.165) is 22.7 Å². The topological polar surface area (TPSA) is 133 Å². The molecule has 4 N–H and O–H groups in total. The van der Waals surface area contributed by atoms with Gasteiger partial charge in [0.15, 0.2) is 12.3 Å². The molecule has 3 heterocycles. The minimum atomic E-state index is -2.44. The highest BCUT2D eigenvalue weighted by atomic mass is 32.1. The number of benzene rings is 2. The number of thiophene rings is 2. The van der Waals surface area contributed by atoms with Gasteiger partial charge < -0.3 is 15.5 Å². The largest absolute Gasteiger partial charge is 0.392 e. The highest BCUT2D eigenvalue weighted by Crippen LogP contribution is 2.51. The number of halogens is 2. The predicted octanol–water partition coefficient (Wildman–Crippen LogP) is 6.63. The van der Waals surface area contributed by atoms with Gasteiger partial charge in [-0.1, -0.05) is 48.5 Å². The number of amides is 3. The fraction of sp³-hybridized carbons (Fsp3) is 0.333. The van der Waals surface area contributed by atoms with Crippen LogP contribution >= 0.6 is 22.7 Å². The Bertz CT molecular complexity index is 1810. The Kier molecular flexibility index (Phi) is 9.20. The summed E-state index contributed by atoms with van der Waals surface area (Å²) in [5.41, 5.74) is 0.505. The minimum Gasteiger partial charge on any atom is -0.392 e. The Morgan fingerprint density at radius 2 is 1.21 bits per heavy atom. The van der Waals surface area contributed by atoms with Crippen LogP contribution in [0.3, 0.4) is 0 Å². The Hall–Kier alpha value is -4.10. The summed E-state index contributed by atoms with van der Waals surface area (Å²) in [5, 5.41) is 24.5. The molecule has 8 nitrogen and oxygen atoms in total. The first-order valence-corrected chi connectivity index (χ1v) is 17.2. The van der Waals surface area contributed by atoms with Crippen LogP contribution in [-0.2, 0) is 18.0 Å². The number of urea groups is 1. The molecule has 1 aliphatic carbocycles. The SMILES string of the molecule is Cc1cc(C(=O)C(F)C2(C(F)C(=O)c3cc(C)c(-c4ccccc4CO)s3)CCC3(CC2)NC(=O)NC3=O)sc1-c1ccccc1CO. The smallest absolute Gasteiger partial charge is 0.322 e. The number of hydrogen-bond acceptors (Lipinski definition) is 8. The molecule has 2 fully saturated rings. The summed E-state index contributed by atoms with van der Waals surface area (Å²) in [4.78, 5) is 54.0. The number of carbonyl (C=O) groups excluding carboxylic acids is 4. The van der Waals surface area contributed by atoms with E-state index in [1.165, 1.54) is 12.1 Å². The molecule has 2 aromatic heterocycles. The molecule has 3 amide bonds. The Balaban J connectivity index is 1.36. The van der Waals surface area contributed by atoms with E-state index in [1.54, 1.807) is 62.4 Å². The Morgan fingerprint density at radius 1 is 0.771 bits per heavy atom. The van der Waals surface area contributed by atoms with Gasteiger partial charge in [0.2, 0.25) is 11.6 Å². The predicted molar refractivity (Wildman–Crippen MR) is 180 cm³/mol.